The molecular formula is C9H5Br2N3S. The van der Waals surface area contributed by atoms with E-state index in [-0.39, 0.29) is 0 Å². The molecule has 76 valence electrons. The van der Waals surface area contributed by atoms with Crippen molar-refractivity contribution >= 4 is 43.6 Å². The lowest BCUT2D eigenvalue weighted by Gasteiger charge is -1.99. The highest BCUT2D eigenvalue weighted by molar-refractivity contribution is 9.10. The second-order valence-corrected chi connectivity index (χ2v) is 5.36. The van der Waals surface area contributed by atoms with E-state index in [4.69, 9.17) is 0 Å². The molecule has 0 unspecified atom stereocenters. The van der Waals surface area contributed by atoms with E-state index in [0.717, 1.165) is 19.1 Å². The molecule has 15 heavy (non-hydrogen) atoms. The molecule has 0 amide bonds. The Morgan fingerprint density at radius 2 is 1.87 bits per heavy atom. The van der Waals surface area contributed by atoms with E-state index in [1.807, 2.05) is 18.2 Å². The Morgan fingerprint density at radius 3 is 2.53 bits per heavy atom. The van der Waals surface area contributed by atoms with Crippen LogP contribution in [0.15, 0.2) is 49.9 Å². The molecular weight excluding hydrogens is 342 g/mol. The fourth-order valence-corrected chi connectivity index (χ4v) is 2.32. The van der Waals surface area contributed by atoms with Crippen LogP contribution in [-0.4, -0.2) is 15.0 Å². The molecule has 2 aromatic rings. The highest BCUT2D eigenvalue weighted by atomic mass is 79.9. The third-order valence-electron chi connectivity index (χ3n) is 1.52. The van der Waals surface area contributed by atoms with Gasteiger partial charge in [-0.1, -0.05) is 0 Å². The van der Waals surface area contributed by atoms with Gasteiger partial charge < -0.3 is 0 Å². The summed E-state index contributed by atoms with van der Waals surface area (Å²) in [6, 6.07) is 5.74. The molecule has 0 aliphatic rings. The van der Waals surface area contributed by atoms with Gasteiger partial charge in [-0.15, -0.1) is 0 Å². The number of rotatable bonds is 2. The van der Waals surface area contributed by atoms with Gasteiger partial charge in [0, 0.05) is 16.7 Å². The van der Waals surface area contributed by atoms with Crippen LogP contribution in [0.3, 0.4) is 0 Å². The SMILES string of the molecule is Brc1ccc(Sc2cc(Br)ncn2)nc1. The molecule has 0 aromatic carbocycles. The first kappa shape index (κ1) is 11.0. The second-order valence-electron chi connectivity index (χ2n) is 2.60. The van der Waals surface area contributed by atoms with E-state index in [9.17, 15) is 0 Å². The summed E-state index contributed by atoms with van der Waals surface area (Å²) in [5.41, 5.74) is 0. The van der Waals surface area contributed by atoms with Crippen molar-refractivity contribution in [2.75, 3.05) is 0 Å². The van der Waals surface area contributed by atoms with E-state index in [2.05, 4.69) is 46.8 Å². The molecule has 0 saturated heterocycles. The minimum atomic E-state index is 0.775. The number of aromatic nitrogens is 3. The van der Waals surface area contributed by atoms with Crippen molar-refractivity contribution in [1.29, 1.82) is 0 Å². The Labute approximate surface area is 108 Å². The first-order chi connectivity index (χ1) is 7.24. The van der Waals surface area contributed by atoms with Gasteiger partial charge in [-0.2, -0.15) is 0 Å². The maximum atomic E-state index is 4.24. The minimum Gasteiger partial charge on any atom is -0.248 e. The monoisotopic (exact) mass is 345 g/mol. The van der Waals surface area contributed by atoms with Crippen molar-refractivity contribution in [3.05, 3.63) is 39.8 Å². The van der Waals surface area contributed by atoms with E-state index < -0.39 is 0 Å². The summed E-state index contributed by atoms with van der Waals surface area (Å²) < 4.78 is 1.74. The van der Waals surface area contributed by atoms with E-state index in [1.165, 1.54) is 18.1 Å². The van der Waals surface area contributed by atoms with Gasteiger partial charge in [0.1, 0.15) is 21.0 Å². The minimum absolute atomic E-state index is 0.775. The van der Waals surface area contributed by atoms with Crippen LogP contribution in [0.1, 0.15) is 0 Å². The van der Waals surface area contributed by atoms with Crippen LogP contribution in [0.2, 0.25) is 0 Å². The van der Waals surface area contributed by atoms with Gasteiger partial charge in [-0.3, -0.25) is 0 Å². The molecule has 0 radical (unpaired) electrons. The Morgan fingerprint density at radius 1 is 1.00 bits per heavy atom. The van der Waals surface area contributed by atoms with Crippen LogP contribution in [0.25, 0.3) is 0 Å². The standard InChI is InChI=1S/C9H5Br2N3S/c10-6-1-2-8(12-4-6)15-9-3-7(11)13-5-14-9/h1-5H. The molecule has 6 heteroatoms. The van der Waals surface area contributed by atoms with Gasteiger partial charge in [0.25, 0.3) is 0 Å². The molecule has 3 nitrogen and oxygen atoms in total. The summed E-state index contributed by atoms with van der Waals surface area (Å²) in [6.07, 6.45) is 3.28. The second kappa shape index (κ2) is 5.05. The van der Waals surface area contributed by atoms with E-state index in [1.54, 1.807) is 6.20 Å². The van der Waals surface area contributed by atoms with Crippen LogP contribution in [0.4, 0.5) is 0 Å². The molecule has 2 heterocycles. The topological polar surface area (TPSA) is 38.7 Å². The fourth-order valence-electron chi connectivity index (χ4n) is 0.903. The third-order valence-corrected chi connectivity index (χ3v) is 3.30. The van der Waals surface area contributed by atoms with Crippen molar-refractivity contribution in [2.24, 2.45) is 0 Å². The lowest BCUT2D eigenvalue weighted by molar-refractivity contribution is 1.02. The van der Waals surface area contributed by atoms with Gasteiger partial charge in [-0.05, 0) is 55.8 Å². The highest BCUT2D eigenvalue weighted by Crippen LogP contribution is 2.25. The van der Waals surface area contributed by atoms with Gasteiger partial charge in [0.05, 0.1) is 0 Å². The zero-order valence-electron chi connectivity index (χ0n) is 7.39. The average molecular weight is 347 g/mol. The summed E-state index contributed by atoms with van der Waals surface area (Å²) in [5, 5.41) is 1.77. The number of hydrogen-bond acceptors (Lipinski definition) is 4. The van der Waals surface area contributed by atoms with Crippen LogP contribution < -0.4 is 0 Å². The largest absolute Gasteiger partial charge is 0.248 e. The molecule has 0 N–H and O–H groups in total. The molecule has 2 aromatic heterocycles. The van der Waals surface area contributed by atoms with Gasteiger partial charge in [0.2, 0.25) is 0 Å². The van der Waals surface area contributed by atoms with Gasteiger partial charge in [0.15, 0.2) is 0 Å². The molecule has 0 aliphatic carbocycles. The van der Waals surface area contributed by atoms with Crippen molar-refractivity contribution in [2.45, 2.75) is 10.1 Å². The normalized spacial score (nSPS) is 10.3. The lowest BCUT2D eigenvalue weighted by atomic mass is 10.5. The first-order valence-electron chi connectivity index (χ1n) is 4.01. The molecule has 0 fully saturated rings. The number of nitrogens with zero attached hydrogens (tertiary/aromatic N) is 3. The molecule has 0 atom stereocenters. The molecule has 0 saturated carbocycles. The Balaban J connectivity index is 2.18. The lowest BCUT2D eigenvalue weighted by Crippen LogP contribution is -1.84. The maximum Gasteiger partial charge on any atom is 0.118 e. The average Bonchev–Trinajstić information content (AvgIpc) is 2.22. The van der Waals surface area contributed by atoms with Crippen LogP contribution in [0.5, 0.6) is 0 Å². The number of hydrogen-bond donors (Lipinski definition) is 0. The quantitative estimate of drug-likeness (QED) is 0.779. The Bertz CT molecular complexity index is 461. The highest BCUT2D eigenvalue weighted by Gasteiger charge is 2.00. The van der Waals surface area contributed by atoms with Crippen molar-refractivity contribution in [1.82, 2.24) is 15.0 Å². The Hall–Kier alpha value is -0.460. The van der Waals surface area contributed by atoms with E-state index >= 15 is 0 Å². The molecule has 2 rings (SSSR count). The number of pyridine rings is 1. The summed E-state index contributed by atoms with van der Waals surface area (Å²) in [6.45, 7) is 0. The van der Waals surface area contributed by atoms with E-state index in [0.29, 0.717) is 0 Å². The predicted octanol–water partition coefficient (Wildman–Crippen LogP) is 3.55. The smallest absolute Gasteiger partial charge is 0.118 e. The molecule has 0 spiro atoms. The van der Waals surface area contributed by atoms with Crippen molar-refractivity contribution in [3.63, 3.8) is 0 Å². The van der Waals surface area contributed by atoms with Crippen molar-refractivity contribution < 1.29 is 0 Å². The molecule has 0 bridgehead atoms. The fraction of sp³-hybridized carbons (Fsp3) is 0. The third kappa shape index (κ3) is 3.25. The number of halogens is 2. The summed E-state index contributed by atoms with van der Waals surface area (Å²) in [5.74, 6) is 0. The van der Waals surface area contributed by atoms with Crippen molar-refractivity contribution in [3.8, 4) is 0 Å². The van der Waals surface area contributed by atoms with Crippen LogP contribution in [-0.2, 0) is 0 Å². The summed E-state index contributed by atoms with van der Waals surface area (Å²) in [7, 11) is 0. The van der Waals surface area contributed by atoms with Crippen LogP contribution >= 0.6 is 43.6 Å². The first-order valence-corrected chi connectivity index (χ1v) is 6.41. The van der Waals surface area contributed by atoms with Gasteiger partial charge >= 0.3 is 0 Å². The predicted molar refractivity (Wildman–Crippen MR) is 65.8 cm³/mol. The zero-order valence-corrected chi connectivity index (χ0v) is 11.4. The molecule has 0 aliphatic heterocycles. The van der Waals surface area contributed by atoms with Gasteiger partial charge in [-0.25, -0.2) is 15.0 Å². The Kier molecular flexibility index (Phi) is 3.71. The summed E-state index contributed by atoms with van der Waals surface area (Å²) in [4.78, 5) is 12.3. The summed E-state index contributed by atoms with van der Waals surface area (Å²) >= 11 is 8.13. The zero-order chi connectivity index (χ0) is 10.7. The van der Waals surface area contributed by atoms with Crippen LogP contribution in [0, 0.1) is 0 Å². The maximum absolute atomic E-state index is 4.24.